The molecule has 0 saturated heterocycles. The number of anilines is 2. The summed E-state index contributed by atoms with van der Waals surface area (Å²) in [5.41, 5.74) is 8.13. The molecule has 0 aliphatic rings. The van der Waals surface area contributed by atoms with Crippen molar-refractivity contribution in [2.24, 2.45) is 0 Å². The number of carbonyl (C=O) groups is 1. The summed E-state index contributed by atoms with van der Waals surface area (Å²) in [6.45, 7) is 6.04. The molecule has 2 unspecified atom stereocenters. The Morgan fingerprint density at radius 3 is 2.43 bits per heavy atom. The number of nitrogens with two attached hydrogens (primary N) is 1. The van der Waals surface area contributed by atoms with Crippen molar-refractivity contribution in [2.75, 3.05) is 11.1 Å². The monoisotopic (exact) mass is 312 g/mol. The van der Waals surface area contributed by atoms with Crippen LogP contribution in [0.5, 0.6) is 5.75 Å². The van der Waals surface area contributed by atoms with E-state index in [4.69, 9.17) is 10.5 Å². The van der Waals surface area contributed by atoms with E-state index < -0.39 is 6.10 Å². The van der Waals surface area contributed by atoms with E-state index in [2.05, 4.69) is 19.2 Å². The molecule has 0 heterocycles. The third kappa shape index (κ3) is 4.49. The molecule has 0 radical (unpaired) electrons. The standard InChI is InChI=1S/C19H24N2O2/c1-4-13(2)17-7-5-6-8-18(17)23-14(3)19(22)21-16-11-9-15(20)10-12-16/h5-14H,4,20H2,1-3H3,(H,21,22). The molecular weight excluding hydrogens is 288 g/mol. The number of hydrogen-bond donors (Lipinski definition) is 2. The minimum absolute atomic E-state index is 0.186. The molecule has 0 aliphatic carbocycles. The van der Waals surface area contributed by atoms with Crippen LogP contribution in [0.2, 0.25) is 0 Å². The van der Waals surface area contributed by atoms with Gasteiger partial charge in [0, 0.05) is 11.4 Å². The summed E-state index contributed by atoms with van der Waals surface area (Å²) in [6, 6.07) is 14.9. The molecule has 0 aromatic heterocycles. The number of nitrogens with one attached hydrogen (secondary N) is 1. The van der Waals surface area contributed by atoms with E-state index in [1.807, 2.05) is 24.3 Å². The maximum atomic E-state index is 12.3. The minimum Gasteiger partial charge on any atom is -0.481 e. The summed E-state index contributed by atoms with van der Waals surface area (Å²) in [6.07, 6.45) is 0.435. The van der Waals surface area contributed by atoms with Gasteiger partial charge in [0.15, 0.2) is 6.10 Å². The van der Waals surface area contributed by atoms with Crippen LogP contribution < -0.4 is 15.8 Å². The summed E-state index contributed by atoms with van der Waals surface area (Å²) < 4.78 is 5.89. The number of para-hydroxylation sites is 1. The van der Waals surface area contributed by atoms with Gasteiger partial charge in [0.1, 0.15) is 5.75 Å². The fourth-order valence-corrected chi connectivity index (χ4v) is 2.27. The number of amides is 1. The van der Waals surface area contributed by atoms with Gasteiger partial charge in [0.05, 0.1) is 0 Å². The normalized spacial score (nSPS) is 13.2. The number of benzene rings is 2. The second-order valence-electron chi connectivity index (χ2n) is 5.72. The molecule has 2 aromatic rings. The van der Waals surface area contributed by atoms with Gasteiger partial charge < -0.3 is 15.8 Å². The number of hydrogen-bond acceptors (Lipinski definition) is 3. The van der Waals surface area contributed by atoms with Gasteiger partial charge >= 0.3 is 0 Å². The van der Waals surface area contributed by atoms with E-state index >= 15 is 0 Å². The number of rotatable bonds is 6. The maximum Gasteiger partial charge on any atom is 0.265 e. The van der Waals surface area contributed by atoms with Gasteiger partial charge in [-0.2, -0.15) is 0 Å². The quantitative estimate of drug-likeness (QED) is 0.786. The van der Waals surface area contributed by atoms with Crippen molar-refractivity contribution in [1.29, 1.82) is 0 Å². The fraction of sp³-hybridized carbons (Fsp3) is 0.316. The predicted octanol–water partition coefficient (Wildman–Crippen LogP) is 4.19. The number of carbonyl (C=O) groups excluding carboxylic acids is 1. The second kappa shape index (κ2) is 7.68. The van der Waals surface area contributed by atoms with E-state index in [-0.39, 0.29) is 5.91 Å². The fourth-order valence-electron chi connectivity index (χ4n) is 2.27. The summed E-state index contributed by atoms with van der Waals surface area (Å²) in [4.78, 5) is 12.3. The van der Waals surface area contributed by atoms with Crippen molar-refractivity contribution < 1.29 is 9.53 Å². The summed E-state index contributed by atoms with van der Waals surface area (Å²) >= 11 is 0. The van der Waals surface area contributed by atoms with Crippen molar-refractivity contribution in [1.82, 2.24) is 0 Å². The first-order valence-corrected chi connectivity index (χ1v) is 7.93. The molecule has 0 spiro atoms. The third-order valence-corrected chi connectivity index (χ3v) is 3.91. The minimum atomic E-state index is -0.585. The summed E-state index contributed by atoms with van der Waals surface area (Å²) in [5, 5.41) is 2.83. The van der Waals surface area contributed by atoms with Gasteiger partial charge in [-0.05, 0) is 55.2 Å². The first-order valence-electron chi connectivity index (χ1n) is 7.93. The van der Waals surface area contributed by atoms with Crippen LogP contribution >= 0.6 is 0 Å². The van der Waals surface area contributed by atoms with Crippen LogP contribution in [-0.2, 0) is 4.79 Å². The molecule has 3 N–H and O–H groups in total. The van der Waals surface area contributed by atoms with Crippen molar-refractivity contribution >= 4 is 17.3 Å². The van der Waals surface area contributed by atoms with Crippen molar-refractivity contribution in [3.05, 3.63) is 54.1 Å². The van der Waals surface area contributed by atoms with Crippen molar-refractivity contribution in [2.45, 2.75) is 39.2 Å². The Kier molecular flexibility index (Phi) is 5.63. The number of ether oxygens (including phenoxy) is 1. The van der Waals surface area contributed by atoms with E-state index in [9.17, 15) is 4.79 Å². The first-order chi connectivity index (χ1) is 11.0. The van der Waals surface area contributed by atoms with Crippen molar-refractivity contribution in [3.63, 3.8) is 0 Å². The Morgan fingerprint density at radius 1 is 1.13 bits per heavy atom. The Morgan fingerprint density at radius 2 is 1.78 bits per heavy atom. The third-order valence-electron chi connectivity index (χ3n) is 3.91. The van der Waals surface area contributed by atoms with Gasteiger partial charge in [-0.3, -0.25) is 4.79 Å². The second-order valence-corrected chi connectivity index (χ2v) is 5.72. The lowest BCUT2D eigenvalue weighted by atomic mass is 9.98. The van der Waals surface area contributed by atoms with Crippen LogP contribution in [0.1, 0.15) is 38.7 Å². The molecule has 1 amide bonds. The molecule has 4 heteroatoms. The van der Waals surface area contributed by atoms with Gasteiger partial charge in [0.25, 0.3) is 5.91 Å². The molecule has 0 fully saturated rings. The van der Waals surface area contributed by atoms with Gasteiger partial charge in [-0.15, -0.1) is 0 Å². The highest BCUT2D eigenvalue weighted by Gasteiger charge is 2.18. The zero-order chi connectivity index (χ0) is 16.8. The highest BCUT2D eigenvalue weighted by atomic mass is 16.5. The van der Waals surface area contributed by atoms with Gasteiger partial charge in [-0.25, -0.2) is 0 Å². The first kappa shape index (κ1) is 16.9. The smallest absolute Gasteiger partial charge is 0.265 e. The molecule has 0 bridgehead atoms. The van der Waals surface area contributed by atoms with E-state index in [1.54, 1.807) is 31.2 Å². The molecule has 2 aromatic carbocycles. The van der Waals surface area contributed by atoms with E-state index in [0.717, 1.165) is 17.7 Å². The average molecular weight is 312 g/mol. The van der Waals surface area contributed by atoms with Crippen LogP contribution in [0, 0.1) is 0 Å². The molecule has 122 valence electrons. The largest absolute Gasteiger partial charge is 0.481 e. The van der Waals surface area contributed by atoms with Crippen molar-refractivity contribution in [3.8, 4) is 5.75 Å². The highest BCUT2D eigenvalue weighted by Crippen LogP contribution is 2.29. The van der Waals surface area contributed by atoms with Gasteiger partial charge in [-0.1, -0.05) is 32.0 Å². The summed E-state index contributed by atoms with van der Waals surface area (Å²) in [5.74, 6) is 0.967. The van der Waals surface area contributed by atoms with Gasteiger partial charge in [0.2, 0.25) is 0 Å². The SMILES string of the molecule is CCC(C)c1ccccc1OC(C)C(=O)Nc1ccc(N)cc1. The molecule has 0 aliphatic heterocycles. The van der Waals surface area contributed by atoms with Crippen LogP contribution in [0.4, 0.5) is 11.4 Å². The van der Waals surface area contributed by atoms with Crippen LogP contribution in [-0.4, -0.2) is 12.0 Å². The Balaban J connectivity index is 2.05. The Hall–Kier alpha value is -2.49. The zero-order valence-corrected chi connectivity index (χ0v) is 13.9. The average Bonchev–Trinajstić information content (AvgIpc) is 2.56. The molecule has 0 saturated carbocycles. The maximum absolute atomic E-state index is 12.3. The molecule has 2 rings (SSSR count). The topological polar surface area (TPSA) is 64.3 Å². The Labute approximate surface area is 137 Å². The molecular formula is C19H24N2O2. The molecule has 2 atom stereocenters. The Bertz CT molecular complexity index is 653. The molecule has 4 nitrogen and oxygen atoms in total. The van der Waals surface area contributed by atoms with Crippen LogP contribution in [0.3, 0.4) is 0 Å². The van der Waals surface area contributed by atoms with Crippen LogP contribution in [0.15, 0.2) is 48.5 Å². The van der Waals surface area contributed by atoms with Crippen LogP contribution in [0.25, 0.3) is 0 Å². The lowest BCUT2D eigenvalue weighted by Crippen LogP contribution is -2.30. The molecule has 23 heavy (non-hydrogen) atoms. The highest BCUT2D eigenvalue weighted by molar-refractivity contribution is 5.94. The lowest BCUT2D eigenvalue weighted by Gasteiger charge is -2.19. The number of nitrogen functional groups attached to an aromatic ring is 1. The van der Waals surface area contributed by atoms with E-state index in [1.165, 1.54) is 0 Å². The zero-order valence-electron chi connectivity index (χ0n) is 13.9. The lowest BCUT2D eigenvalue weighted by molar-refractivity contribution is -0.122. The predicted molar refractivity (Wildman–Crippen MR) is 94.7 cm³/mol. The summed E-state index contributed by atoms with van der Waals surface area (Å²) in [7, 11) is 0. The van der Waals surface area contributed by atoms with E-state index in [0.29, 0.717) is 17.3 Å².